The molecule has 1 heterocycles. The van der Waals surface area contributed by atoms with Gasteiger partial charge in [-0.2, -0.15) is 0 Å². The van der Waals surface area contributed by atoms with Gasteiger partial charge in [-0.05, 0) is 56.4 Å². The van der Waals surface area contributed by atoms with Crippen LogP contribution in [0.15, 0.2) is 18.2 Å². The number of aromatic amines is 1. The normalized spacial score (nSPS) is 22.0. The molecule has 0 atom stereocenters. The van der Waals surface area contributed by atoms with E-state index in [1.54, 1.807) is 6.07 Å². The number of fused-ring (bicyclic) bond motifs is 1. The molecule has 3 rings (SSSR count). The highest BCUT2D eigenvalue weighted by Crippen LogP contribution is 2.24. The van der Waals surface area contributed by atoms with E-state index in [-0.39, 0.29) is 30.3 Å². The van der Waals surface area contributed by atoms with Gasteiger partial charge in [-0.15, -0.1) is 0 Å². The Morgan fingerprint density at radius 1 is 1.36 bits per heavy atom. The van der Waals surface area contributed by atoms with Crippen LogP contribution in [-0.2, 0) is 11.2 Å². The molecule has 1 aromatic heterocycles. The Bertz CT molecular complexity index is 687. The third kappa shape index (κ3) is 3.14. The lowest BCUT2D eigenvalue weighted by Gasteiger charge is -2.26. The van der Waals surface area contributed by atoms with Crippen LogP contribution in [0, 0.1) is 12.7 Å². The lowest BCUT2D eigenvalue weighted by Crippen LogP contribution is -2.39. The number of halogens is 1. The van der Waals surface area contributed by atoms with Gasteiger partial charge < -0.3 is 15.4 Å². The molecular weight excluding hydrogens is 283 g/mol. The lowest BCUT2D eigenvalue weighted by molar-refractivity contribution is -0.121. The summed E-state index contributed by atoms with van der Waals surface area (Å²) in [5.41, 5.74) is 2.60. The number of hydrogen-bond acceptors (Lipinski definition) is 2. The fourth-order valence-electron chi connectivity index (χ4n) is 3.24. The highest BCUT2D eigenvalue weighted by molar-refractivity contribution is 5.90. The Morgan fingerprint density at radius 2 is 2.09 bits per heavy atom. The summed E-state index contributed by atoms with van der Waals surface area (Å²) >= 11 is 0. The molecule has 0 spiro atoms. The predicted octanol–water partition coefficient (Wildman–Crippen LogP) is 2.58. The molecule has 1 aliphatic carbocycles. The summed E-state index contributed by atoms with van der Waals surface area (Å²) in [7, 11) is 0. The first kappa shape index (κ1) is 15.0. The molecule has 3 N–H and O–H groups in total. The van der Waals surface area contributed by atoms with E-state index in [9.17, 15) is 14.3 Å². The largest absolute Gasteiger partial charge is 0.393 e. The van der Waals surface area contributed by atoms with Crippen molar-refractivity contribution in [1.29, 1.82) is 0 Å². The van der Waals surface area contributed by atoms with Crippen molar-refractivity contribution in [3.8, 4) is 0 Å². The van der Waals surface area contributed by atoms with Crippen molar-refractivity contribution < 1.29 is 14.3 Å². The number of aliphatic hydroxyl groups excluding tert-OH is 1. The van der Waals surface area contributed by atoms with Crippen molar-refractivity contribution in [2.45, 2.75) is 51.2 Å². The minimum absolute atomic E-state index is 0.0466. The van der Waals surface area contributed by atoms with Crippen LogP contribution >= 0.6 is 0 Å². The van der Waals surface area contributed by atoms with Gasteiger partial charge in [0.05, 0.1) is 12.5 Å². The Kier molecular flexibility index (Phi) is 4.16. The molecule has 0 radical (unpaired) electrons. The maximum Gasteiger partial charge on any atom is 0.224 e. The predicted molar refractivity (Wildman–Crippen MR) is 83.1 cm³/mol. The molecule has 0 aliphatic heterocycles. The van der Waals surface area contributed by atoms with Crippen LogP contribution in [0.2, 0.25) is 0 Å². The minimum atomic E-state index is -0.297. The summed E-state index contributed by atoms with van der Waals surface area (Å²) in [6.45, 7) is 1.90. The zero-order chi connectivity index (χ0) is 15.7. The molecule has 0 saturated heterocycles. The van der Waals surface area contributed by atoms with Crippen molar-refractivity contribution in [3.05, 3.63) is 35.3 Å². The highest BCUT2D eigenvalue weighted by Gasteiger charge is 2.21. The molecule has 0 unspecified atom stereocenters. The van der Waals surface area contributed by atoms with Crippen molar-refractivity contribution in [2.75, 3.05) is 0 Å². The number of benzene rings is 1. The van der Waals surface area contributed by atoms with Gasteiger partial charge in [-0.3, -0.25) is 4.79 Å². The second kappa shape index (κ2) is 6.08. The van der Waals surface area contributed by atoms with Crippen molar-refractivity contribution >= 4 is 16.8 Å². The number of aromatic nitrogens is 1. The average molecular weight is 304 g/mol. The van der Waals surface area contributed by atoms with Crippen LogP contribution in [0.1, 0.15) is 36.9 Å². The first-order valence-corrected chi connectivity index (χ1v) is 7.77. The smallest absolute Gasteiger partial charge is 0.224 e. The van der Waals surface area contributed by atoms with E-state index in [1.165, 1.54) is 12.1 Å². The third-order valence-corrected chi connectivity index (χ3v) is 4.48. The third-order valence-electron chi connectivity index (χ3n) is 4.48. The number of H-pyrrole nitrogens is 1. The number of aryl methyl sites for hydroxylation is 1. The van der Waals surface area contributed by atoms with Crippen LogP contribution in [0.25, 0.3) is 10.9 Å². The van der Waals surface area contributed by atoms with E-state index in [0.29, 0.717) is 0 Å². The Balaban J connectivity index is 1.71. The second-order valence-corrected chi connectivity index (χ2v) is 6.17. The van der Waals surface area contributed by atoms with E-state index >= 15 is 0 Å². The van der Waals surface area contributed by atoms with E-state index in [4.69, 9.17) is 0 Å². The molecule has 4 nitrogen and oxygen atoms in total. The summed E-state index contributed by atoms with van der Waals surface area (Å²) in [5, 5.41) is 13.3. The SMILES string of the molecule is Cc1[nH]c2ccc(F)cc2c1CC(=O)NC1CCC(O)CC1. The molecular formula is C17H21FN2O2. The number of hydrogen-bond donors (Lipinski definition) is 3. The lowest BCUT2D eigenvalue weighted by atomic mass is 9.93. The summed E-state index contributed by atoms with van der Waals surface area (Å²) in [6.07, 6.45) is 3.12. The van der Waals surface area contributed by atoms with Gasteiger partial charge in [-0.1, -0.05) is 0 Å². The van der Waals surface area contributed by atoms with E-state index in [0.717, 1.165) is 47.8 Å². The topological polar surface area (TPSA) is 65.1 Å². The molecule has 0 bridgehead atoms. The summed E-state index contributed by atoms with van der Waals surface area (Å²) in [4.78, 5) is 15.4. The number of carbonyl (C=O) groups excluding carboxylic acids is 1. The fourth-order valence-corrected chi connectivity index (χ4v) is 3.24. The van der Waals surface area contributed by atoms with E-state index < -0.39 is 0 Å². The zero-order valence-corrected chi connectivity index (χ0v) is 12.7. The van der Waals surface area contributed by atoms with Crippen molar-refractivity contribution in [3.63, 3.8) is 0 Å². The minimum Gasteiger partial charge on any atom is -0.393 e. The molecule has 5 heteroatoms. The van der Waals surface area contributed by atoms with Gasteiger partial charge in [-0.25, -0.2) is 4.39 Å². The molecule has 1 aromatic carbocycles. The Labute approximate surface area is 128 Å². The van der Waals surface area contributed by atoms with Crippen molar-refractivity contribution in [2.24, 2.45) is 0 Å². The molecule has 1 amide bonds. The Morgan fingerprint density at radius 3 is 2.82 bits per heavy atom. The number of amides is 1. The van der Waals surface area contributed by atoms with Gasteiger partial charge in [0, 0.05) is 22.6 Å². The summed E-state index contributed by atoms with van der Waals surface area (Å²) in [6, 6.07) is 4.72. The number of carbonyl (C=O) groups is 1. The first-order valence-electron chi connectivity index (χ1n) is 7.77. The number of aliphatic hydroxyl groups is 1. The maximum atomic E-state index is 13.4. The first-order chi connectivity index (χ1) is 10.5. The summed E-state index contributed by atoms with van der Waals surface area (Å²) in [5.74, 6) is -0.343. The fraction of sp³-hybridized carbons (Fsp3) is 0.471. The van der Waals surface area contributed by atoms with Gasteiger partial charge in [0.15, 0.2) is 0 Å². The molecule has 118 valence electrons. The van der Waals surface area contributed by atoms with Crippen LogP contribution in [0.3, 0.4) is 0 Å². The van der Waals surface area contributed by atoms with Crippen LogP contribution < -0.4 is 5.32 Å². The van der Waals surface area contributed by atoms with E-state index in [2.05, 4.69) is 10.3 Å². The van der Waals surface area contributed by atoms with Crippen LogP contribution in [0.5, 0.6) is 0 Å². The zero-order valence-electron chi connectivity index (χ0n) is 12.7. The van der Waals surface area contributed by atoms with E-state index in [1.807, 2.05) is 6.92 Å². The second-order valence-electron chi connectivity index (χ2n) is 6.17. The quantitative estimate of drug-likeness (QED) is 0.816. The molecule has 22 heavy (non-hydrogen) atoms. The van der Waals surface area contributed by atoms with Gasteiger partial charge in [0.1, 0.15) is 5.82 Å². The Hall–Kier alpha value is -1.88. The molecule has 2 aromatic rings. The van der Waals surface area contributed by atoms with Crippen LogP contribution in [-0.4, -0.2) is 28.1 Å². The summed E-state index contributed by atoms with van der Waals surface area (Å²) < 4.78 is 13.4. The number of nitrogens with one attached hydrogen (secondary N) is 2. The van der Waals surface area contributed by atoms with Crippen molar-refractivity contribution in [1.82, 2.24) is 10.3 Å². The molecule has 1 saturated carbocycles. The number of rotatable bonds is 3. The maximum absolute atomic E-state index is 13.4. The standard InChI is InChI=1S/C17H21FN2O2/c1-10-14(15-8-11(18)2-7-16(15)19-10)9-17(22)20-12-3-5-13(21)6-4-12/h2,7-8,12-13,19,21H,3-6,9H2,1H3,(H,20,22). The highest BCUT2D eigenvalue weighted by atomic mass is 19.1. The molecule has 1 aliphatic rings. The van der Waals surface area contributed by atoms with Crippen LogP contribution in [0.4, 0.5) is 4.39 Å². The van der Waals surface area contributed by atoms with Gasteiger partial charge in [0.2, 0.25) is 5.91 Å². The monoisotopic (exact) mass is 304 g/mol. The van der Waals surface area contributed by atoms with Gasteiger partial charge in [0.25, 0.3) is 0 Å². The van der Waals surface area contributed by atoms with Gasteiger partial charge >= 0.3 is 0 Å². The molecule has 1 fully saturated rings. The average Bonchev–Trinajstić information content (AvgIpc) is 2.77.